The second-order valence-corrected chi connectivity index (χ2v) is 8.36. The summed E-state index contributed by atoms with van der Waals surface area (Å²) in [7, 11) is 0. The summed E-state index contributed by atoms with van der Waals surface area (Å²) in [6, 6.07) is 0. The summed E-state index contributed by atoms with van der Waals surface area (Å²) >= 11 is 0. The summed E-state index contributed by atoms with van der Waals surface area (Å²) in [6.45, 7) is 8.88. The van der Waals surface area contributed by atoms with Crippen molar-refractivity contribution in [1.29, 1.82) is 0 Å². The summed E-state index contributed by atoms with van der Waals surface area (Å²) in [6.07, 6.45) is 6.09. The minimum absolute atomic E-state index is 0.0563. The van der Waals surface area contributed by atoms with Gasteiger partial charge in [0.25, 0.3) is 11.8 Å². The number of nitrogens with one attached hydrogen (secondary N) is 1. The Hall–Kier alpha value is -2.44. The van der Waals surface area contributed by atoms with Crippen molar-refractivity contribution in [3.63, 3.8) is 0 Å². The maximum Gasteiger partial charge on any atom is 0.335 e. The van der Waals surface area contributed by atoms with Crippen LogP contribution in [-0.2, 0) is 33.5 Å². The quantitative estimate of drug-likeness (QED) is 0.269. The van der Waals surface area contributed by atoms with Gasteiger partial charge in [-0.2, -0.15) is 0 Å². The van der Waals surface area contributed by atoms with Gasteiger partial charge in [0.1, 0.15) is 0 Å². The molecule has 0 atom stereocenters. The van der Waals surface area contributed by atoms with Crippen molar-refractivity contribution < 1.29 is 33.5 Å². The van der Waals surface area contributed by atoms with Crippen LogP contribution >= 0.6 is 0 Å². The molecule has 0 saturated carbocycles. The molecule has 1 rings (SSSR count). The molecule has 9 nitrogen and oxygen atoms in total. The first-order valence-corrected chi connectivity index (χ1v) is 9.97. The predicted octanol–water partition coefficient (Wildman–Crippen LogP) is 1.21. The largest absolute Gasteiger partial charge is 0.378 e. The highest BCUT2D eigenvalue weighted by atomic mass is 16.7. The van der Waals surface area contributed by atoms with E-state index in [-0.39, 0.29) is 43.8 Å². The van der Waals surface area contributed by atoms with E-state index in [1.54, 1.807) is 0 Å². The minimum Gasteiger partial charge on any atom is -0.378 e. The maximum absolute atomic E-state index is 12.3. The molecular weight excluding hydrogens is 392 g/mol. The van der Waals surface area contributed by atoms with E-state index in [4.69, 9.17) is 20.7 Å². The SMILES string of the molecule is C#CC(C)(C)CC(C)(C)C(=O)NCCOCCOCCC(=O)ON1C(=O)CCC1=O. The molecule has 0 aromatic heterocycles. The van der Waals surface area contributed by atoms with Gasteiger partial charge < -0.3 is 19.6 Å². The Morgan fingerprint density at radius 3 is 2.17 bits per heavy atom. The molecule has 0 unspecified atom stereocenters. The molecule has 1 fully saturated rings. The van der Waals surface area contributed by atoms with Crippen LogP contribution in [0.2, 0.25) is 0 Å². The number of hydrogen-bond acceptors (Lipinski definition) is 7. The molecule has 3 amide bonds. The third kappa shape index (κ3) is 8.93. The van der Waals surface area contributed by atoms with Crippen LogP contribution in [0, 0.1) is 23.2 Å². The molecule has 168 valence electrons. The molecule has 0 bridgehead atoms. The Bertz CT molecular complexity index is 663. The number of carbonyl (C=O) groups excluding carboxylic acids is 4. The molecule has 0 aromatic carbocycles. The van der Waals surface area contributed by atoms with Crippen LogP contribution in [0.1, 0.15) is 53.4 Å². The number of hydroxylamine groups is 2. The van der Waals surface area contributed by atoms with Crippen LogP contribution < -0.4 is 5.32 Å². The highest BCUT2D eigenvalue weighted by Crippen LogP contribution is 2.33. The average molecular weight is 424 g/mol. The van der Waals surface area contributed by atoms with Crippen LogP contribution in [0.3, 0.4) is 0 Å². The maximum atomic E-state index is 12.3. The molecule has 1 aliphatic rings. The molecule has 0 aromatic rings. The molecule has 0 radical (unpaired) electrons. The van der Waals surface area contributed by atoms with Gasteiger partial charge in [0.05, 0.1) is 32.8 Å². The summed E-state index contributed by atoms with van der Waals surface area (Å²) in [5, 5.41) is 3.34. The van der Waals surface area contributed by atoms with Crippen molar-refractivity contribution in [2.24, 2.45) is 10.8 Å². The highest BCUT2D eigenvalue weighted by Gasteiger charge is 2.34. The molecule has 1 aliphatic heterocycles. The first kappa shape index (κ1) is 25.6. The zero-order valence-electron chi connectivity index (χ0n) is 18.2. The van der Waals surface area contributed by atoms with E-state index in [0.717, 1.165) is 0 Å². The van der Waals surface area contributed by atoms with Crippen LogP contribution in [0.4, 0.5) is 0 Å². The summed E-state index contributed by atoms with van der Waals surface area (Å²) in [5.74, 6) is 0.876. The number of amides is 3. The summed E-state index contributed by atoms with van der Waals surface area (Å²) in [5.41, 5.74) is -0.946. The predicted molar refractivity (Wildman–Crippen MR) is 107 cm³/mol. The number of terminal acetylenes is 1. The van der Waals surface area contributed by atoms with Crippen LogP contribution in [-0.4, -0.2) is 61.7 Å². The zero-order valence-corrected chi connectivity index (χ0v) is 18.2. The lowest BCUT2D eigenvalue weighted by Gasteiger charge is -2.30. The zero-order chi connectivity index (χ0) is 22.8. The number of rotatable bonds is 13. The van der Waals surface area contributed by atoms with Gasteiger partial charge in [0, 0.05) is 30.2 Å². The van der Waals surface area contributed by atoms with E-state index >= 15 is 0 Å². The van der Waals surface area contributed by atoms with Crippen molar-refractivity contribution in [2.75, 3.05) is 33.0 Å². The number of carbonyl (C=O) groups is 4. The lowest BCUT2D eigenvalue weighted by molar-refractivity contribution is -0.198. The molecule has 1 heterocycles. The van der Waals surface area contributed by atoms with Gasteiger partial charge in [-0.15, -0.1) is 17.4 Å². The molecular formula is C21H32N2O7. The van der Waals surface area contributed by atoms with Crippen molar-refractivity contribution in [3.05, 3.63) is 0 Å². The van der Waals surface area contributed by atoms with Gasteiger partial charge in [-0.25, -0.2) is 4.79 Å². The third-order valence-electron chi connectivity index (χ3n) is 4.44. The van der Waals surface area contributed by atoms with Gasteiger partial charge in [-0.1, -0.05) is 13.8 Å². The number of imide groups is 1. The third-order valence-corrected chi connectivity index (χ3v) is 4.44. The Morgan fingerprint density at radius 1 is 1.03 bits per heavy atom. The van der Waals surface area contributed by atoms with E-state index in [9.17, 15) is 19.2 Å². The van der Waals surface area contributed by atoms with Crippen molar-refractivity contribution in [3.8, 4) is 12.3 Å². The minimum atomic E-state index is -0.710. The van der Waals surface area contributed by atoms with Gasteiger partial charge >= 0.3 is 5.97 Å². The molecule has 1 N–H and O–H groups in total. The standard InChI is InChI=1S/C21H32N2O7/c1-6-20(2,3)15-21(4,5)19(27)22-10-12-29-14-13-28-11-9-18(26)30-23-16(24)7-8-17(23)25/h1H,7-15H2,2-5H3,(H,22,27). The Morgan fingerprint density at radius 2 is 1.60 bits per heavy atom. The molecule has 1 saturated heterocycles. The van der Waals surface area contributed by atoms with Crippen molar-refractivity contribution >= 4 is 23.7 Å². The molecule has 9 heteroatoms. The summed E-state index contributed by atoms with van der Waals surface area (Å²) in [4.78, 5) is 51.3. The monoisotopic (exact) mass is 424 g/mol. The Balaban J connectivity index is 2.06. The number of ether oxygens (including phenoxy) is 2. The second kappa shape index (κ2) is 11.7. The number of nitrogens with zero attached hydrogens (tertiary/aromatic N) is 1. The molecule has 0 spiro atoms. The van der Waals surface area contributed by atoms with E-state index in [2.05, 4.69) is 11.2 Å². The van der Waals surface area contributed by atoms with Gasteiger partial charge in [-0.3, -0.25) is 14.4 Å². The van der Waals surface area contributed by atoms with E-state index in [1.165, 1.54) is 0 Å². The topological polar surface area (TPSA) is 111 Å². The van der Waals surface area contributed by atoms with Crippen molar-refractivity contribution in [1.82, 2.24) is 10.4 Å². The Kier molecular flexibility index (Phi) is 9.96. The van der Waals surface area contributed by atoms with Gasteiger partial charge in [0.2, 0.25) is 5.91 Å². The lowest BCUT2D eigenvalue weighted by atomic mass is 9.75. The molecule has 30 heavy (non-hydrogen) atoms. The fourth-order valence-corrected chi connectivity index (χ4v) is 2.99. The van der Waals surface area contributed by atoms with Crippen LogP contribution in [0.5, 0.6) is 0 Å². The number of hydrogen-bond donors (Lipinski definition) is 1. The van der Waals surface area contributed by atoms with Gasteiger partial charge in [-0.05, 0) is 20.3 Å². The van der Waals surface area contributed by atoms with Crippen LogP contribution in [0.25, 0.3) is 0 Å². The average Bonchev–Trinajstić information content (AvgIpc) is 2.97. The first-order chi connectivity index (χ1) is 14.0. The van der Waals surface area contributed by atoms with Crippen molar-refractivity contribution in [2.45, 2.75) is 53.4 Å². The normalized spacial score (nSPS) is 14.6. The fourth-order valence-electron chi connectivity index (χ4n) is 2.99. The van der Waals surface area contributed by atoms with E-state index in [1.807, 2.05) is 27.7 Å². The second-order valence-electron chi connectivity index (χ2n) is 8.36. The van der Waals surface area contributed by atoms with Crippen LogP contribution in [0.15, 0.2) is 0 Å². The van der Waals surface area contributed by atoms with E-state index in [0.29, 0.717) is 31.2 Å². The first-order valence-electron chi connectivity index (χ1n) is 9.97. The summed E-state index contributed by atoms with van der Waals surface area (Å²) < 4.78 is 10.6. The fraction of sp³-hybridized carbons (Fsp3) is 0.714. The molecule has 0 aliphatic carbocycles. The van der Waals surface area contributed by atoms with Gasteiger partial charge in [0.15, 0.2) is 0 Å². The highest BCUT2D eigenvalue weighted by molar-refractivity contribution is 6.01. The smallest absolute Gasteiger partial charge is 0.335 e. The Labute approximate surface area is 177 Å². The lowest BCUT2D eigenvalue weighted by Crippen LogP contribution is -2.40. The van der Waals surface area contributed by atoms with E-state index < -0.39 is 23.2 Å².